The lowest BCUT2D eigenvalue weighted by molar-refractivity contribution is -0.129. The molecule has 2 aromatic carbocycles. The van der Waals surface area contributed by atoms with E-state index in [1.165, 1.54) is 0 Å². The van der Waals surface area contributed by atoms with Crippen molar-refractivity contribution in [2.75, 3.05) is 7.05 Å². The summed E-state index contributed by atoms with van der Waals surface area (Å²) in [5.41, 5.74) is 3.01. The number of hydrogen-bond donors (Lipinski definition) is 0. The van der Waals surface area contributed by atoms with Gasteiger partial charge in [-0.05, 0) is 17.7 Å². The Morgan fingerprint density at radius 1 is 1.17 bits per heavy atom. The van der Waals surface area contributed by atoms with Crippen molar-refractivity contribution in [3.63, 3.8) is 0 Å². The number of likely N-dealkylation sites (N-methyl/N-ethyl adjacent to an activating group) is 1. The van der Waals surface area contributed by atoms with Gasteiger partial charge in [-0.1, -0.05) is 58.4 Å². The Kier molecular flexibility index (Phi) is 5.43. The number of halogens is 1. The maximum absolute atomic E-state index is 12.4. The van der Waals surface area contributed by atoms with E-state index in [0.717, 1.165) is 26.3 Å². The van der Waals surface area contributed by atoms with Crippen LogP contribution in [0.3, 0.4) is 0 Å². The smallest absolute Gasteiger partial charge is 0.228 e. The Bertz CT molecular complexity index is 832. The highest BCUT2D eigenvalue weighted by Gasteiger charge is 2.13. The topological polar surface area (TPSA) is 33.2 Å². The summed E-state index contributed by atoms with van der Waals surface area (Å²) in [7, 11) is 1.83. The van der Waals surface area contributed by atoms with Crippen molar-refractivity contribution in [1.29, 1.82) is 0 Å². The van der Waals surface area contributed by atoms with E-state index in [-0.39, 0.29) is 5.91 Å². The SMILES string of the molecule is CN(Cc1ccccc1)C(=O)Cc1csc(-c2cccc(Br)c2)n1. The number of hydrogen-bond acceptors (Lipinski definition) is 3. The van der Waals surface area contributed by atoms with Gasteiger partial charge in [0.2, 0.25) is 5.91 Å². The summed E-state index contributed by atoms with van der Waals surface area (Å²) in [6.45, 7) is 0.613. The van der Waals surface area contributed by atoms with Crippen molar-refractivity contribution in [3.8, 4) is 10.6 Å². The Balaban J connectivity index is 1.65. The zero-order valence-electron chi connectivity index (χ0n) is 13.3. The third-order valence-corrected chi connectivity index (χ3v) is 5.08. The van der Waals surface area contributed by atoms with Crippen LogP contribution in [0.5, 0.6) is 0 Å². The molecule has 0 spiro atoms. The number of amides is 1. The standard InChI is InChI=1S/C19H17BrN2OS/c1-22(12-14-6-3-2-4-7-14)18(23)11-17-13-24-19(21-17)15-8-5-9-16(20)10-15/h2-10,13H,11-12H2,1H3. The molecule has 3 rings (SSSR count). The molecule has 24 heavy (non-hydrogen) atoms. The van der Waals surface area contributed by atoms with Gasteiger partial charge in [-0.25, -0.2) is 4.98 Å². The summed E-state index contributed by atoms with van der Waals surface area (Å²) in [5, 5.41) is 2.90. The summed E-state index contributed by atoms with van der Waals surface area (Å²) in [5.74, 6) is 0.0740. The first-order valence-corrected chi connectivity index (χ1v) is 9.27. The molecule has 0 saturated heterocycles. The third kappa shape index (κ3) is 4.30. The van der Waals surface area contributed by atoms with E-state index in [4.69, 9.17) is 0 Å². The number of benzene rings is 2. The molecule has 0 aliphatic rings. The molecule has 0 fully saturated rings. The zero-order chi connectivity index (χ0) is 16.9. The average Bonchev–Trinajstić information content (AvgIpc) is 3.04. The highest BCUT2D eigenvalue weighted by molar-refractivity contribution is 9.10. The van der Waals surface area contributed by atoms with Crippen LogP contribution in [0.1, 0.15) is 11.3 Å². The van der Waals surface area contributed by atoms with Gasteiger partial charge in [0.1, 0.15) is 5.01 Å². The Morgan fingerprint density at radius 3 is 2.71 bits per heavy atom. The van der Waals surface area contributed by atoms with Crippen LogP contribution in [-0.2, 0) is 17.8 Å². The Hall–Kier alpha value is -1.98. The minimum atomic E-state index is 0.0740. The lowest BCUT2D eigenvalue weighted by Gasteiger charge is -2.16. The summed E-state index contributed by atoms with van der Waals surface area (Å²) in [6.07, 6.45) is 0.327. The summed E-state index contributed by atoms with van der Waals surface area (Å²) in [6, 6.07) is 18.0. The van der Waals surface area contributed by atoms with Gasteiger partial charge in [0.15, 0.2) is 0 Å². The molecule has 5 heteroatoms. The Morgan fingerprint density at radius 2 is 1.96 bits per heavy atom. The first kappa shape index (κ1) is 16.9. The van der Waals surface area contributed by atoms with E-state index in [1.54, 1.807) is 16.2 Å². The van der Waals surface area contributed by atoms with Crippen LogP contribution in [-0.4, -0.2) is 22.8 Å². The predicted molar refractivity (Wildman–Crippen MR) is 102 cm³/mol. The van der Waals surface area contributed by atoms with Crippen LogP contribution in [0.2, 0.25) is 0 Å². The molecule has 122 valence electrons. The maximum Gasteiger partial charge on any atom is 0.228 e. The number of thiazole rings is 1. The second-order valence-corrected chi connectivity index (χ2v) is 7.34. The molecule has 1 amide bonds. The quantitative estimate of drug-likeness (QED) is 0.617. The second-order valence-electron chi connectivity index (χ2n) is 5.57. The van der Waals surface area contributed by atoms with Crippen LogP contribution in [0, 0.1) is 0 Å². The normalized spacial score (nSPS) is 10.6. The molecule has 3 aromatic rings. The van der Waals surface area contributed by atoms with Crippen LogP contribution in [0.25, 0.3) is 10.6 Å². The predicted octanol–water partition coefficient (Wildman–Crippen LogP) is 4.77. The fourth-order valence-corrected chi connectivity index (χ4v) is 3.59. The van der Waals surface area contributed by atoms with E-state index in [2.05, 4.69) is 20.9 Å². The number of rotatable bonds is 5. The van der Waals surface area contributed by atoms with Gasteiger partial charge >= 0.3 is 0 Å². The molecule has 0 atom stereocenters. The van der Waals surface area contributed by atoms with Gasteiger partial charge in [-0.3, -0.25) is 4.79 Å². The molecule has 0 aliphatic carbocycles. The minimum Gasteiger partial charge on any atom is -0.341 e. The number of carbonyl (C=O) groups is 1. The van der Waals surface area contributed by atoms with Crippen molar-refractivity contribution in [2.45, 2.75) is 13.0 Å². The Labute approximate surface area is 154 Å². The zero-order valence-corrected chi connectivity index (χ0v) is 15.7. The monoisotopic (exact) mass is 400 g/mol. The number of aromatic nitrogens is 1. The van der Waals surface area contributed by atoms with Gasteiger partial charge in [0.05, 0.1) is 12.1 Å². The molecular formula is C19H17BrN2OS. The molecule has 1 heterocycles. The van der Waals surface area contributed by atoms with Gasteiger partial charge in [0, 0.05) is 29.0 Å². The highest BCUT2D eigenvalue weighted by Crippen LogP contribution is 2.26. The van der Waals surface area contributed by atoms with E-state index in [1.807, 2.05) is 67.0 Å². The molecule has 0 aliphatic heterocycles. The second kappa shape index (κ2) is 7.73. The van der Waals surface area contributed by atoms with Crippen molar-refractivity contribution in [2.24, 2.45) is 0 Å². The number of nitrogens with zero attached hydrogens (tertiary/aromatic N) is 2. The summed E-state index contributed by atoms with van der Waals surface area (Å²) in [4.78, 5) is 18.7. The molecule has 0 unspecified atom stereocenters. The first-order chi connectivity index (χ1) is 11.6. The largest absolute Gasteiger partial charge is 0.341 e. The van der Waals surface area contributed by atoms with Crippen molar-refractivity contribution in [1.82, 2.24) is 9.88 Å². The van der Waals surface area contributed by atoms with Crippen molar-refractivity contribution in [3.05, 3.63) is 75.7 Å². The maximum atomic E-state index is 12.4. The molecule has 1 aromatic heterocycles. The van der Waals surface area contributed by atoms with Gasteiger partial charge < -0.3 is 4.90 Å². The van der Waals surface area contributed by atoms with E-state index in [0.29, 0.717) is 13.0 Å². The van der Waals surface area contributed by atoms with Gasteiger partial charge in [-0.15, -0.1) is 11.3 Å². The van der Waals surface area contributed by atoms with E-state index in [9.17, 15) is 4.79 Å². The van der Waals surface area contributed by atoms with Crippen molar-refractivity contribution < 1.29 is 4.79 Å². The van der Waals surface area contributed by atoms with Crippen LogP contribution in [0.4, 0.5) is 0 Å². The highest BCUT2D eigenvalue weighted by atomic mass is 79.9. The lowest BCUT2D eigenvalue weighted by atomic mass is 10.2. The van der Waals surface area contributed by atoms with E-state index < -0.39 is 0 Å². The molecule has 0 bridgehead atoms. The minimum absolute atomic E-state index is 0.0740. The summed E-state index contributed by atoms with van der Waals surface area (Å²) >= 11 is 5.04. The lowest BCUT2D eigenvalue weighted by Crippen LogP contribution is -2.27. The van der Waals surface area contributed by atoms with Gasteiger partial charge in [0.25, 0.3) is 0 Å². The molecular weight excluding hydrogens is 384 g/mol. The van der Waals surface area contributed by atoms with Crippen LogP contribution < -0.4 is 0 Å². The fraction of sp³-hybridized carbons (Fsp3) is 0.158. The number of carbonyl (C=O) groups excluding carboxylic acids is 1. The molecule has 0 radical (unpaired) electrons. The molecule has 3 nitrogen and oxygen atoms in total. The fourth-order valence-electron chi connectivity index (χ4n) is 2.38. The van der Waals surface area contributed by atoms with Gasteiger partial charge in [-0.2, -0.15) is 0 Å². The van der Waals surface area contributed by atoms with E-state index >= 15 is 0 Å². The van der Waals surface area contributed by atoms with Crippen LogP contribution >= 0.6 is 27.3 Å². The van der Waals surface area contributed by atoms with Crippen LogP contribution in [0.15, 0.2) is 64.5 Å². The molecule has 0 N–H and O–H groups in total. The van der Waals surface area contributed by atoms with Crippen molar-refractivity contribution >= 4 is 33.2 Å². The average molecular weight is 401 g/mol. The first-order valence-electron chi connectivity index (χ1n) is 7.60. The summed E-state index contributed by atoms with van der Waals surface area (Å²) < 4.78 is 1.02. The molecule has 0 saturated carbocycles. The third-order valence-electron chi connectivity index (χ3n) is 3.64.